The molecule has 0 spiro atoms. The van der Waals surface area contributed by atoms with Crippen molar-refractivity contribution in [3.05, 3.63) is 35.4 Å². The summed E-state index contributed by atoms with van der Waals surface area (Å²) in [5.41, 5.74) is 7.93. The van der Waals surface area contributed by atoms with Crippen LogP contribution < -0.4 is 5.73 Å². The average molecular weight is 349 g/mol. The van der Waals surface area contributed by atoms with Gasteiger partial charge in [-0.1, -0.05) is 51.4 Å². The van der Waals surface area contributed by atoms with Crippen LogP contribution in [0.1, 0.15) is 27.1 Å². The summed E-state index contributed by atoms with van der Waals surface area (Å²) in [4.78, 5) is 26.2. The third-order valence-electron chi connectivity index (χ3n) is 5.28. The standard InChI is InChI=1S/C17H28N2O2Si2/c1-22(2,3)17(18,23(4,5)6)11-12-19-15(20)13-9-7-8-10-14(13)16(19)21/h7-10H,11-12,18H2,1-6H3. The first-order valence-corrected chi connectivity index (χ1v) is 15.1. The summed E-state index contributed by atoms with van der Waals surface area (Å²) in [6.45, 7) is 14.1. The number of nitrogens with two attached hydrogens (primary N) is 1. The number of nitrogens with zero attached hydrogens (tertiary/aromatic N) is 1. The van der Waals surface area contributed by atoms with E-state index in [2.05, 4.69) is 39.3 Å². The van der Waals surface area contributed by atoms with Crippen molar-refractivity contribution in [2.45, 2.75) is 50.5 Å². The van der Waals surface area contributed by atoms with Crippen LogP contribution >= 0.6 is 0 Å². The Bertz CT molecular complexity index is 596. The fourth-order valence-corrected chi connectivity index (χ4v) is 14.3. The Kier molecular flexibility index (Phi) is 4.47. The Hall–Kier alpha value is -1.25. The molecule has 0 radical (unpaired) electrons. The molecule has 0 saturated carbocycles. The minimum absolute atomic E-state index is 0.181. The lowest BCUT2D eigenvalue weighted by molar-refractivity contribution is 0.0650. The molecule has 2 amide bonds. The van der Waals surface area contributed by atoms with Gasteiger partial charge in [-0.2, -0.15) is 0 Å². The van der Waals surface area contributed by atoms with Crippen LogP contribution in [0.5, 0.6) is 0 Å². The first-order valence-electron chi connectivity index (χ1n) is 8.14. The van der Waals surface area contributed by atoms with Crippen molar-refractivity contribution in [2.24, 2.45) is 5.73 Å². The van der Waals surface area contributed by atoms with Gasteiger partial charge in [0.15, 0.2) is 0 Å². The number of imide groups is 1. The number of carbonyl (C=O) groups excluding carboxylic acids is 2. The van der Waals surface area contributed by atoms with Crippen molar-refractivity contribution in [1.29, 1.82) is 0 Å². The Morgan fingerprint density at radius 1 is 0.913 bits per heavy atom. The molecule has 0 unspecified atom stereocenters. The quantitative estimate of drug-likeness (QED) is 0.657. The number of fused-ring (bicyclic) bond motifs is 1. The normalized spacial score (nSPS) is 16.0. The predicted octanol–water partition coefficient (Wildman–Crippen LogP) is 3.13. The third kappa shape index (κ3) is 2.95. The van der Waals surface area contributed by atoms with Crippen molar-refractivity contribution < 1.29 is 9.59 Å². The van der Waals surface area contributed by atoms with Gasteiger partial charge in [0.05, 0.1) is 27.3 Å². The molecule has 2 rings (SSSR count). The van der Waals surface area contributed by atoms with Gasteiger partial charge >= 0.3 is 0 Å². The molecule has 0 aliphatic carbocycles. The van der Waals surface area contributed by atoms with E-state index in [0.717, 1.165) is 0 Å². The summed E-state index contributed by atoms with van der Waals surface area (Å²) >= 11 is 0. The molecule has 6 heteroatoms. The van der Waals surface area contributed by atoms with Crippen molar-refractivity contribution >= 4 is 28.0 Å². The van der Waals surface area contributed by atoms with Gasteiger partial charge in [-0.15, -0.1) is 0 Å². The molecule has 23 heavy (non-hydrogen) atoms. The fraction of sp³-hybridized carbons (Fsp3) is 0.529. The molecule has 126 valence electrons. The van der Waals surface area contributed by atoms with Gasteiger partial charge in [-0.05, 0) is 18.6 Å². The van der Waals surface area contributed by atoms with Crippen molar-refractivity contribution in [2.75, 3.05) is 6.54 Å². The first-order chi connectivity index (χ1) is 10.4. The van der Waals surface area contributed by atoms with Gasteiger partial charge < -0.3 is 5.73 Å². The molecule has 1 aromatic rings. The van der Waals surface area contributed by atoms with E-state index in [1.165, 1.54) is 4.90 Å². The molecule has 1 aromatic carbocycles. The molecule has 1 aliphatic rings. The summed E-state index contributed by atoms with van der Waals surface area (Å²) < 4.78 is 0. The van der Waals surface area contributed by atoms with Gasteiger partial charge in [0.1, 0.15) is 0 Å². The van der Waals surface area contributed by atoms with E-state index < -0.39 is 16.1 Å². The van der Waals surface area contributed by atoms with Gasteiger partial charge in [-0.25, -0.2) is 0 Å². The number of benzene rings is 1. The Balaban J connectivity index is 2.24. The molecule has 2 N–H and O–H groups in total. The SMILES string of the molecule is C[Si](C)(C)C(N)(CCN1C(=O)c2ccccc2C1=O)[Si](C)(C)C. The predicted molar refractivity (Wildman–Crippen MR) is 100 cm³/mol. The number of rotatable bonds is 5. The number of hydrogen-bond donors (Lipinski definition) is 1. The Morgan fingerprint density at radius 2 is 1.30 bits per heavy atom. The highest BCUT2D eigenvalue weighted by Crippen LogP contribution is 2.33. The molecule has 0 fully saturated rings. The van der Waals surface area contributed by atoms with Crippen LogP contribution in [0.4, 0.5) is 0 Å². The zero-order valence-corrected chi connectivity index (χ0v) is 17.1. The minimum Gasteiger partial charge on any atom is -0.330 e. The van der Waals surface area contributed by atoms with E-state index in [0.29, 0.717) is 24.1 Å². The van der Waals surface area contributed by atoms with E-state index in [1.54, 1.807) is 24.3 Å². The highest BCUT2D eigenvalue weighted by Gasteiger charge is 2.50. The maximum Gasteiger partial charge on any atom is 0.261 e. The highest BCUT2D eigenvalue weighted by atomic mass is 28.4. The van der Waals surface area contributed by atoms with Crippen LogP contribution in [0.25, 0.3) is 0 Å². The van der Waals surface area contributed by atoms with Crippen LogP contribution in [-0.2, 0) is 0 Å². The van der Waals surface area contributed by atoms with Gasteiger partial charge in [-0.3, -0.25) is 14.5 Å². The van der Waals surface area contributed by atoms with Gasteiger partial charge in [0, 0.05) is 11.3 Å². The number of carbonyl (C=O) groups is 2. The summed E-state index contributed by atoms with van der Waals surface area (Å²) in [6, 6.07) is 7.04. The highest BCUT2D eigenvalue weighted by molar-refractivity contribution is 6.98. The molecule has 0 bridgehead atoms. The fourth-order valence-electron chi connectivity index (χ4n) is 3.61. The van der Waals surface area contributed by atoms with Crippen LogP contribution in [-0.4, -0.2) is 44.2 Å². The maximum absolute atomic E-state index is 12.5. The summed E-state index contributed by atoms with van der Waals surface area (Å²) in [5, 5.41) is 0. The molecule has 4 nitrogen and oxygen atoms in total. The van der Waals surface area contributed by atoms with Crippen LogP contribution in [0.15, 0.2) is 24.3 Å². The Morgan fingerprint density at radius 3 is 1.65 bits per heavy atom. The van der Waals surface area contributed by atoms with Crippen LogP contribution in [0.3, 0.4) is 0 Å². The average Bonchev–Trinajstić information content (AvgIpc) is 2.67. The van der Waals surface area contributed by atoms with E-state index in [4.69, 9.17) is 5.73 Å². The maximum atomic E-state index is 12.5. The molecular weight excluding hydrogens is 320 g/mol. The molecule has 1 heterocycles. The smallest absolute Gasteiger partial charge is 0.261 e. The summed E-state index contributed by atoms with van der Waals surface area (Å²) in [6.07, 6.45) is 0.698. The van der Waals surface area contributed by atoms with Crippen molar-refractivity contribution in [3.63, 3.8) is 0 Å². The second-order valence-electron chi connectivity index (χ2n) is 8.53. The topological polar surface area (TPSA) is 63.4 Å². The third-order valence-corrected chi connectivity index (χ3v) is 15.6. The minimum atomic E-state index is -1.65. The lowest BCUT2D eigenvalue weighted by atomic mass is 10.1. The Labute approximate surface area is 141 Å². The zero-order valence-electron chi connectivity index (χ0n) is 15.1. The zero-order chi connectivity index (χ0) is 17.6. The van der Waals surface area contributed by atoms with E-state index in [9.17, 15) is 9.59 Å². The molecule has 0 atom stereocenters. The second-order valence-corrected chi connectivity index (χ2v) is 19.8. The molecule has 0 saturated heterocycles. The molecule has 1 aliphatic heterocycles. The van der Waals surface area contributed by atoms with Crippen molar-refractivity contribution in [1.82, 2.24) is 4.90 Å². The monoisotopic (exact) mass is 348 g/mol. The van der Waals surface area contributed by atoms with Crippen molar-refractivity contribution in [3.8, 4) is 0 Å². The van der Waals surface area contributed by atoms with Gasteiger partial charge in [0.2, 0.25) is 0 Å². The molecule has 0 aromatic heterocycles. The van der Waals surface area contributed by atoms with Crippen LogP contribution in [0.2, 0.25) is 39.3 Å². The van der Waals surface area contributed by atoms with Crippen LogP contribution in [0, 0.1) is 0 Å². The largest absolute Gasteiger partial charge is 0.330 e. The first kappa shape index (κ1) is 18.1. The number of amides is 2. The van der Waals surface area contributed by atoms with E-state index in [1.807, 2.05) is 0 Å². The van der Waals surface area contributed by atoms with E-state index >= 15 is 0 Å². The lowest BCUT2D eigenvalue weighted by Crippen LogP contribution is -2.73. The number of hydrogen-bond acceptors (Lipinski definition) is 3. The summed E-state index contributed by atoms with van der Waals surface area (Å²) in [5.74, 6) is -0.363. The van der Waals surface area contributed by atoms with E-state index in [-0.39, 0.29) is 16.6 Å². The molecular formula is C17H28N2O2Si2. The van der Waals surface area contributed by atoms with Gasteiger partial charge in [0.25, 0.3) is 11.8 Å². The lowest BCUT2D eigenvalue weighted by Gasteiger charge is -2.49. The second kappa shape index (κ2) is 5.68. The summed E-state index contributed by atoms with van der Waals surface area (Å²) in [7, 11) is -3.30.